The van der Waals surface area contributed by atoms with Crippen LogP contribution in [0.25, 0.3) is 0 Å². The molecule has 138 valence electrons. The Morgan fingerprint density at radius 2 is 2.23 bits per heavy atom. The van der Waals surface area contributed by atoms with Crippen molar-refractivity contribution in [2.75, 3.05) is 18.4 Å². The van der Waals surface area contributed by atoms with E-state index in [9.17, 15) is 9.59 Å². The lowest BCUT2D eigenvalue weighted by Crippen LogP contribution is -3.11. The van der Waals surface area contributed by atoms with Crippen LogP contribution in [0.2, 0.25) is 0 Å². The first-order valence-electron chi connectivity index (χ1n) is 9.24. The average molecular weight is 374 g/mol. The monoisotopic (exact) mass is 373 g/mol. The highest BCUT2D eigenvalue weighted by atomic mass is 32.1. The van der Waals surface area contributed by atoms with Gasteiger partial charge in [-0.2, -0.15) is 0 Å². The summed E-state index contributed by atoms with van der Waals surface area (Å²) in [5.41, 5.74) is 8.44. The van der Waals surface area contributed by atoms with Crippen LogP contribution in [0.4, 0.5) is 5.00 Å². The van der Waals surface area contributed by atoms with E-state index < -0.39 is 5.91 Å². The van der Waals surface area contributed by atoms with Crippen LogP contribution in [-0.2, 0) is 24.7 Å². The molecule has 1 saturated heterocycles. The predicted molar refractivity (Wildman–Crippen MR) is 102 cm³/mol. The number of thiophene rings is 1. The fraction of sp³-hybridized carbons (Fsp3) is 0.474. The number of quaternary nitrogens is 1. The van der Waals surface area contributed by atoms with Gasteiger partial charge >= 0.3 is 0 Å². The number of carbonyl (C=O) groups is 2. The van der Waals surface area contributed by atoms with Crippen molar-refractivity contribution >= 4 is 28.2 Å². The number of anilines is 1. The fourth-order valence-corrected chi connectivity index (χ4v) is 5.76. The van der Waals surface area contributed by atoms with E-state index in [2.05, 4.69) is 35.3 Å². The van der Waals surface area contributed by atoms with Crippen LogP contribution in [0.1, 0.15) is 51.8 Å². The molecule has 0 bridgehead atoms. The third kappa shape index (κ3) is 3.05. The van der Waals surface area contributed by atoms with Gasteiger partial charge < -0.3 is 20.5 Å². The lowest BCUT2D eigenvalue weighted by atomic mass is 10.1. The van der Waals surface area contributed by atoms with Crippen LogP contribution in [0.3, 0.4) is 0 Å². The second kappa shape index (κ2) is 6.89. The lowest BCUT2D eigenvalue weighted by molar-refractivity contribution is -0.910. The van der Waals surface area contributed by atoms with E-state index in [1.54, 1.807) is 0 Å². The maximum Gasteiger partial charge on any atom is 0.280 e. The lowest BCUT2D eigenvalue weighted by Gasteiger charge is -2.21. The highest BCUT2D eigenvalue weighted by molar-refractivity contribution is 7.17. The molecule has 0 saturated carbocycles. The van der Waals surface area contributed by atoms with Gasteiger partial charge in [-0.1, -0.05) is 0 Å². The van der Waals surface area contributed by atoms with Gasteiger partial charge in [0.1, 0.15) is 11.0 Å². The van der Waals surface area contributed by atoms with E-state index >= 15 is 0 Å². The molecule has 26 heavy (non-hydrogen) atoms. The Morgan fingerprint density at radius 3 is 2.96 bits per heavy atom. The van der Waals surface area contributed by atoms with Gasteiger partial charge in [-0.3, -0.25) is 9.59 Å². The number of nitrogens with two attached hydrogens (primary N) is 1. The third-order valence-electron chi connectivity index (χ3n) is 5.63. The van der Waals surface area contributed by atoms with Crippen LogP contribution in [0, 0.1) is 0 Å². The molecule has 4 N–H and O–H groups in total. The summed E-state index contributed by atoms with van der Waals surface area (Å²) >= 11 is 1.52. The molecule has 6 nitrogen and oxygen atoms in total. The van der Waals surface area contributed by atoms with Crippen LogP contribution in [-0.4, -0.2) is 29.5 Å². The summed E-state index contributed by atoms with van der Waals surface area (Å²) in [6, 6.07) is 4.55. The molecule has 1 aliphatic heterocycles. The molecule has 3 heterocycles. The van der Waals surface area contributed by atoms with Crippen LogP contribution in [0.15, 0.2) is 18.3 Å². The van der Waals surface area contributed by atoms with E-state index in [1.807, 2.05) is 0 Å². The molecule has 2 amide bonds. The Morgan fingerprint density at radius 1 is 1.38 bits per heavy atom. The summed E-state index contributed by atoms with van der Waals surface area (Å²) in [4.78, 5) is 27.1. The molecular formula is C19H25N4O2S+. The van der Waals surface area contributed by atoms with E-state index in [0.717, 1.165) is 44.2 Å². The van der Waals surface area contributed by atoms with Crippen molar-refractivity contribution in [1.29, 1.82) is 0 Å². The molecule has 1 aliphatic carbocycles. The minimum absolute atomic E-state index is 0.0384. The summed E-state index contributed by atoms with van der Waals surface area (Å²) in [5.74, 6) is -0.474. The third-order valence-corrected chi connectivity index (χ3v) is 6.84. The second-order valence-electron chi connectivity index (χ2n) is 7.30. The van der Waals surface area contributed by atoms with Gasteiger partial charge in [0.2, 0.25) is 0 Å². The molecule has 2 aliphatic rings. The molecule has 7 heteroatoms. The molecule has 0 radical (unpaired) electrons. The Kier molecular flexibility index (Phi) is 4.58. The quantitative estimate of drug-likeness (QED) is 0.732. The van der Waals surface area contributed by atoms with Crippen molar-refractivity contribution < 1.29 is 14.5 Å². The zero-order chi connectivity index (χ0) is 18.3. The van der Waals surface area contributed by atoms with Crippen molar-refractivity contribution in [3.63, 3.8) is 0 Å². The maximum absolute atomic E-state index is 12.7. The van der Waals surface area contributed by atoms with E-state index in [4.69, 9.17) is 5.73 Å². The van der Waals surface area contributed by atoms with E-state index in [0.29, 0.717) is 23.2 Å². The number of nitrogens with one attached hydrogen (secondary N) is 2. The predicted octanol–water partition coefficient (Wildman–Crippen LogP) is 1.03. The van der Waals surface area contributed by atoms with Gasteiger partial charge in [0, 0.05) is 31.0 Å². The van der Waals surface area contributed by atoms with Gasteiger partial charge in [-0.25, -0.2) is 0 Å². The fourth-order valence-electron chi connectivity index (χ4n) is 4.45. The Bertz CT molecular complexity index is 854. The molecule has 4 rings (SSSR count). The zero-order valence-corrected chi connectivity index (χ0v) is 15.8. The molecule has 1 unspecified atom stereocenters. The largest absolute Gasteiger partial charge is 0.365 e. The number of rotatable bonds is 5. The topological polar surface area (TPSA) is 81.6 Å². The number of primary amides is 1. The van der Waals surface area contributed by atoms with Crippen LogP contribution in [0.5, 0.6) is 0 Å². The number of amides is 2. The van der Waals surface area contributed by atoms with E-state index in [-0.39, 0.29) is 5.91 Å². The minimum atomic E-state index is -0.435. The van der Waals surface area contributed by atoms with Crippen molar-refractivity contribution in [2.24, 2.45) is 12.8 Å². The second-order valence-corrected chi connectivity index (χ2v) is 8.40. The van der Waals surface area contributed by atoms with Crippen LogP contribution < -0.4 is 16.0 Å². The molecule has 0 aromatic carbocycles. The van der Waals surface area contributed by atoms with Crippen molar-refractivity contribution in [3.05, 3.63) is 40.0 Å². The van der Waals surface area contributed by atoms with Gasteiger partial charge in [-0.05, 0) is 37.0 Å². The average Bonchev–Trinajstić information content (AvgIpc) is 3.31. The summed E-state index contributed by atoms with van der Waals surface area (Å²) in [5, 5.41) is 3.62. The Hall–Kier alpha value is -2.12. The maximum atomic E-state index is 12.7. The van der Waals surface area contributed by atoms with Gasteiger partial charge in [-0.15, -0.1) is 11.3 Å². The highest BCUT2D eigenvalue weighted by Gasteiger charge is 2.33. The number of aromatic nitrogens is 1. The molecule has 0 spiro atoms. The van der Waals surface area contributed by atoms with Gasteiger partial charge in [0.05, 0.1) is 17.8 Å². The number of hydrogen-bond acceptors (Lipinski definition) is 3. The number of carbonyl (C=O) groups excluding carboxylic acids is 2. The zero-order valence-electron chi connectivity index (χ0n) is 15.0. The van der Waals surface area contributed by atoms with Gasteiger partial charge in [0.25, 0.3) is 11.8 Å². The SMILES string of the molecule is Cn1cccc1[C@H]1CCC[NH+]1CC(=O)Nc1sc2c(c1C(N)=O)CCC2. The molecule has 1 fully saturated rings. The number of fused-ring (bicyclic) bond motifs is 1. The van der Waals surface area contributed by atoms with Crippen molar-refractivity contribution in [2.45, 2.75) is 38.1 Å². The van der Waals surface area contributed by atoms with E-state index in [1.165, 1.54) is 26.8 Å². The standard InChI is InChI=1S/C19H24N4O2S/c1-22-9-3-6-13(22)14-7-4-10-23(14)11-16(24)21-19-17(18(20)25)12-5-2-8-15(12)26-19/h3,6,9,14H,2,4-5,7-8,10-11H2,1H3,(H2,20,25)(H,21,24)/p+1/t14-/m1/s1. The van der Waals surface area contributed by atoms with Crippen LogP contribution >= 0.6 is 11.3 Å². The number of hydrogen-bond donors (Lipinski definition) is 3. The van der Waals surface area contributed by atoms with Gasteiger partial charge in [0.15, 0.2) is 6.54 Å². The number of aryl methyl sites for hydroxylation is 2. The smallest absolute Gasteiger partial charge is 0.280 e. The Balaban J connectivity index is 1.48. The first-order valence-corrected chi connectivity index (χ1v) is 10.1. The van der Waals surface area contributed by atoms with Crippen molar-refractivity contribution in [1.82, 2.24) is 4.57 Å². The minimum Gasteiger partial charge on any atom is -0.365 e. The number of nitrogens with zero attached hydrogens (tertiary/aromatic N) is 1. The molecule has 2 atom stereocenters. The molecule has 2 aromatic rings. The normalized spacial score (nSPS) is 21.7. The summed E-state index contributed by atoms with van der Waals surface area (Å²) < 4.78 is 2.14. The number of likely N-dealkylation sites (tertiary alicyclic amines) is 1. The summed E-state index contributed by atoms with van der Waals surface area (Å²) in [6.07, 6.45) is 7.19. The summed E-state index contributed by atoms with van der Waals surface area (Å²) in [7, 11) is 2.05. The molecule has 2 aromatic heterocycles. The Labute approximate surface area is 157 Å². The van der Waals surface area contributed by atoms with Crippen molar-refractivity contribution in [3.8, 4) is 0 Å². The highest BCUT2D eigenvalue weighted by Crippen LogP contribution is 2.38. The molecular weight excluding hydrogens is 348 g/mol. The summed E-state index contributed by atoms with van der Waals surface area (Å²) in [6.45, 7) is 1.41. The first kappa shape index (κ1) is 17.3. The first-order chi connectivity index (χ1) is 12.5.